The number of aromatic nitrogens is 20. The number of hydrogen-bond donors (Lipinski definition) is 6. The molecule has 11 aromatic heterocycles. The predicted molar refractivity (Wildman–Crippen MR) is 409 cm³/mol. The van der Waals surface area contributed by atoms with E-state index in [1.807, 2.05) is 101 Å². The zero-order valence-electron chi connectivity index (χ0n) is 59.8. The number of carbonyl (C=O) groups excluding carboxylic acids is 3. The molecule has 0 radical (unpaired) electrons. The second kappa shape index (κ2) is 30.2. The Bertz CT molecular complexity index is 6080. The summed E-state index contributed by atoms with van der Waals surface area (Å²) in [5.41, 5.74) is 42.8. The van der Waals surface area contributed by atoms with Crippen LogP contribution in [0.25, 0.3) is 122 Å². The largest absolute Gasteiger partial charge is 0.494 e. The molecule has 0 atom stereocenters. The predicted octanol–water partition coefficient (Wildman–Crippen LogP) is 8.69. The normalized spacial score (nSPS) is 12.6. The van der Waals surface area contributed by atoms with Gasteiger partial charge in [0.05, 0.1) is 46.8 Å². The van der Waals surface area contributed by atoms with Crippen molar-refractivity contribution in [3.63, 3.8) is 0 Å². The molecule has 1 aliphatic carbocycles. The first-order valence-corrected chi connectivity index (χ1v) is 34.2. The van der Waals surface area contributed by atoms with E-state index in [0.717, 1.165) is 85.1 Å². The second-order valence-corrected chi connectivity index (χ2v) is 25.3. The Morgan fingerprint density at radius 1 is 0.481 bits per heavy atom. The van der Waals surface area contributed by atoms with Crippen LogP contribution in [-0.2, 0) is 40.0 Å². The zero-order valence-corrected chi connectivity index (χ0v) is 59.8. The minimum Gasteiger partial charge on any atom is -0.494 e. The van der Waals surface area contributed by atoms with Gasteiger partial charge in [0.25, 0.3) is 11.8 Å². The second-order valence-electron chi connectivity index (χ2n) is 25.3. The van der Waals surface area contributed by atoms with E-state index >= 15 is 0 Å². The Morgan fingerprint density at radius 2 is 0.889 bits per heavy atom. The van der Waals surface area contributed by atoms with Crippen molar-refractivity contribution in [1.29, 1.82) is 0 Å². The van der Waals surface area contributed by atoms with E-state index in [0.29, 0.717) is 141 Å². The average molecular weight is 1450 g/mol. The highest BCUT2D eigenvalue weighted by Gasteiger charge is 2.26. The summed E-state index contributed by atoms with van der Waals surface area (Å²) in [6.07, 6.45) is 9.88. The molecule has 33 heteroatoms. The summed E-state index contributed by atoms with van der Waals surface area (Å²) in [5, 5.41) is 31.2. The van der Waals surface area contributed by atoms with Crippen molar-refractivity contribution in [2.45, 2.75) is 32.7 Å². The van der Waals surface area contributed by atoms with Crippen LogP contribution in [0.5, 0.6) is 5.75 Å². The number of morpholine rings is 1. The number of furan rings is 1. The van der Waals surface area contributed by atoms with Crippen molar-refractivity contribution in [2.75, 3.05) is 61.6 Å². The van der Waals surface area contributed by atoms with Crippen molar-refractivity contribution < 1.29 is 28.3 Å². The Hall–Kier alpha value is -14.2. The molecule has 0 unspecified atom stereocenters. The van der Waals surface area contributed by atoms with Gasteiger partial charge in [-0.15, -0.1) is 0 Å². The molecular weight excluding hydrogens is 1380 g/mol. The fourth-order valence-electron chi connectivity index (χ4n) is 12.5. The van der Waals surface area contributed by atoms with Crippen LogP contribution in [0.2, 0.25) is 0 Å². The topological polar surface area (TPSA) is 446 Å². The van der Waals surface area contributed by atoms with E-state index in [1.54, 1.807) is 60.6 Å². The van der Waals surface area contributed by atoms with Gasteiger partial charge in [0, 0.05) is 87.8 Å². The molecule has 1 saturated carbocycles. The molecule has 2 aliphatic rings. The van der Waals surface area contributed by atoms with E-state index in [2.05, 4.69) is 118 Å². The van der Waals surface area contributed by atoms with Crippen LogP contribution in [-0.4, -0.2) is 161 Å². The quantitative estimate of drug-likeness (QED) is 0.0659. The number of nitrogen functional groups attached to an aromatic ring is 5. The Balaban J connectivity index is 0.000000114. The lowest BCUT2D eigenvalue weighted by atomic mass is 10.0. The highest BCUT2D eigenvalue weighted by Crippen LogP contribution is 2.37. The molecule has 108 heavy (non-hydrogen) atoms. The Kier molecular flexibility index (Phi) is 19.8. The minimum atomic E-state index is -0.0567. The Morgan fingerprint density at radius 3 is 1.33 bits per heavy atom. The van der Waals surface area contributed by atoms with Crippen LogP contribution < -0.4 is 38.7 Å². The third-order valence-corrected chi connectivity index (χ3v) is 17.9. The van der Waals surface area contributed by atoms with Crippen LogP contribution in [0, 0.1) is 6.92 Å². The van der Waals surface area contributed by atoms with Crippen LogP contribution >= 0.6 is 0 Å². The lowest BCUT2D eigenvalue weighted by Crippen LogP contribution is -2.40. The first kappa shape index (κ1) is 70.8. The molecule has 1 aliphatic heterocycles. The van der Waals surface area contributed by atoms with Gasteiger partial charge in [0.15, 0.2) is 46.0 Å². The average Bonchev–Trinajstić information content (AvgIpc) is 1.51. The van der Waals surface area contributed by atoms with Gasteiger partial charge in [-0.2, -0.15) is 25.5 Å². The molecule has 33 nitrogen and oxygen atoms in total. The van der Waals surface area contributed by atoms with Gasteiger partial charge in [-0.05, 0) is 98.1 Å². The number of hydrogen-bond acceptors (Lipinski definition) is 26. The maximum atomic E-state index is 12.7. The van der Waals surface area contributed by atoms with Crippen LogP contribution in [0.15, 0.2) is 157 Å². The number of aryl methyl sites for hydroxylation is 6. The standard InChI is InChI=1S/C18H17N5O.C17H18N6O2.C16H16N6O.C13H13N5.C11H9N5O2/c1-3-24-14-7-6-11-8-13(5-4-12(11)9-14)16-15-17(19)20-10-21-18(15)23(2)22-16;1-22-16-13(15(18)19-10-20-16)14(21-22)11-3-2-4-12(9-11)17(24)23-5-7-25-8-6-23;1-22-15-12(14(17)18-8-19-15)13(21-22)9-3-2-4-10(7-9)16(23)20-11-5-6-11;1-8-4-3-5-9(6-8)11-10-12(14)15-7-16-13(10)18(2)17-11;1-16-11-8(10(12)13-5-14-11)9(15-16)7-3-2-6(4-17)18-7/h4-10H,3H2,1-2H3,(H2,19,20,21);2-4,9-10H,5-8H2,1H3,(H2,18,19,20);2-4,7-8,11H,5-6H2,1H3,(H,20,23)(H2,17,18,19);3-7H,1-2H3,(H2,14,15,16);2-5H,1H3,(H2,12,13,14). The molecule has 2 fully saturated rings. The van der Waals surface area contributed by atoms with Crippen LogP contribution in [0.3, 0.4) is 0 Å². The minimum absolute atomic E-state index is 0.00499. The monoisotopic (exact) mass is 1450 g/mol. The molecule has 5 aromatic carbocycles. The van der Waals surface area contributed by atoms with E-state index in [4.69, 9.17) is 42.6 Å². The zero-order chi connectivity index (χ0) is 75.4. The van der Waals surface area contributed by atoms with E-state index in [9.17, 15) is 14.4 Å². The fraction of sp³-hybridized carbons (Fsp3) is 0.200. The number of nitrogens with two attached hydrogens (primary N) is 5. The first-order valence-electron chi connectivity index (χ1n) is 34.2. The SMILES string of the molecule is CCOc1ccc2cc(-c3nn(C)c4ncnc(N)c34)ccc2c1.Cc1cccc(-c2nn(C)c3ncnc(N)c23)c1.Cn1nc(-c2ccc(C=O)o2)c2c(N)ncnc21.Cn1nc(-c2cccc(C(=O)N3CCOCC3)c2)c2c(N)ncnc21.Cn1nc(-c2cccc(C(=O)NC3CC3)c2)c2c(N)ncnc21. The van der Waals surface area contributed by atoms with Crippen molar-refractivity contribution in [3.8, 4) is 62.2 Å². The van der Waals surface area contributed by atoms with Crippen molar-refractivity contribution in [3.05, 3.63) is 175 Å². The maximum Gasteiger partial charge on any atom is 0.254 e. The number of benzene rings is 5. The summed E-state index contributed by atoms with van der Waals surface area (Å²) >= 11 is 0. The number of nitrogens with one attached hydrogen (secondary N) is 1. The highest BCUT2D eigenvalue weighted by atomic mass is 16.5. The summed E-state index contributed by atoms with van der Waals surface area (Å²) < 4.78 is 24.6. The summed E-state index contributed by atoms with van der Waals surface area (Å²) in [6.45, 7) is 7.05. The number of anilines is 5. The van der Waals surface area contributed by atoms with Crippen molar-refractivity contribution in [2.24, 2.45) is 35.2 Å². The first-order chi connectivity index (χ1) is 52.3. The lowest BCUT2D eigenvalue weighted by Gasteiger charge is -2.27. The molecule has 16 aromatic rings. The summed E-state index contributed by atoms with van der Waals surface area (Å²) in [4.78, 5) is 78.6. The number of rotatable bonds is 11. The molecular formula is C75H73N27O6. The van der Waals surface area contributed by atoms with E-state index in [1.165, 1.54) is 37.2 Å². The lowest BCUT2D eigenvalue weighted by molar-refractivity contribution is 0.0303. The van der Waals surface area contributed by atoms with E-state index in [-0.39, 0.29) is 17.6 Å². The number of aldehydes is 1. The van der Waals surface area contributed by atoms with Gasteiger partial charge in [-0.1, -0.05) is 66.2 Å². The molecule has 2 amide bonds. The van der Waals surface area contributed by atoms with Gasteiger partial charge in [-0.25, -0.2) is 73.2 Å². The van der Waals surface area contributed by atoms with Gasteiger partial charge in [-0.3, -0.25) is 14.4 Å². The molecule has 0 bridgehead atoms. The van der Waals surface area contributed by atoms with Crippen LogP contribution in [0.1, 0.15) is 56.6 Å². The summed E-state index contributed by atoms with van der Waals surface area (Å²) in [5.74, 6) is 3.49. The summed E-state index contributed by atoms with van der Waals surface area (Å²) in [7, 11) is 9.08. The van der Waals surface area contributed by atoms with Gasteiger partial charge in [0.1, 0.15) is 94.9 Å². The maximum absolute atomic E-state index is 12.7. The molecule has 12 heterocycles. The number of carbonyl (C=O) groups is 3. The van der Waals surface area contributed by atoms with Crippen molar-refractivity contribution in [1.82, 2.24) is 109 Å². The molecule has 1 saturated heterocycles. The number of fused-ring (bicyclic) bond motifs is 6. The molecule has 18 rings (SSSR count). The third-order valence-electron chi connectivity index (χ3n) is 17.9. The van der Waals surface area contributed by atoms with Gasteiger partial charge in [0.2, 0.25) is 0 Å². The highest BCUT2D eigenvalue weighted by molar-refractivity contribution is 6.04. The number of amides is 2. The number of nitrogens with zero attached hydrogens (tertiary/aromatic N) is 21. The number of ether oxygens (including phenoxy) is 2. The smallest absolute Gasteiger partial charge is 0.254 e. The molecule has 11 N–H and O–H groups in total. The molecule has 0 spiro atoms. The summed E-state index contributed by atoms with van der Waals surface area (Å²) in [6, 6.07) is 38.7. The van der Waals surface area contributed by atoms with Crippen LogP contribution in [0.4, 0.5) is 29.1 Å². The fourth-order valence-corrected chi connectivity index (χ4v) is 12.5. The molecule has 544 valence electrons. The Labute approximate surface area is 614 Å². The van der Waals surface area contributed by atoms with Crippen molar-refractivity contribution >= 4 is 113 Å². The third kappa shape index (κ3) is 14.4. The van der Waals surface area contributed by atoms with Gasteiger partial charge >= 0.3 is 0 Å². The van der Waals surface area contributed by atoms with Gasteiger partial charge < -0.3 is 52.8 Å². The van der Waals surface area contributed by atoms with E-state index < -0.39 is 0 Å².